The van der Waals surface area contributed by atoms with E-state index in [-0.39, 0.29) is 25.8 Å². The Labute approximate surface area is 358 Å². The Kier molecular flexibility index (Phi) is 40.6. The second-order valence-electron chi connectivity index (χ2n) is 16.7. The van der Waals surface area contributed by atoms with E-state index in [1.807, 2.05) is 21.1 Å². The molecule has 0 aliphatic carbocycles. The molecule has 8 nitrogen and oxygen atoms in total. The Bertz CT molecular complexity index is 1110. The van der Waals surface area contributed by atoms with Crippen molar-refractivity contribution in [3.8, 4) is 0 Å². The van der Waals surface area contributed by atoms with E-state index in [0.717, 1.165) is 70.6 Å². The van der Waals surface area contributed by atoms with Crippen LogP contribution in [0.25, 0.3) is 0 Å². The first-order valence-electron chi connectivity index (χ1n) is 23.5. The predicted octanol–water partition coefficient (Wildman–Crippen LogP) is 13.5. The van der Waals surface area contributed by atoms with Gasteiger partial charge in [-0.25, -0.2) is 0 Å². The van der Waals surface area contributed by atoms with Gasteiger partial charge in [-0.3, -0.25) is 9.36 Å². The lowest BCUT2D eigenvalue weighted by atomic mass is 10.1. The second kappa shape index (κ2) is 41.9. The highest BCUT2D eigenvalue weighted by molar-refractivity contribution is 7.45. The zero-order valence-corrected chi connectivity index (χ0v) is 39.1. The highest BCUT2D eigenvalue weighted by Gasteiger charge is 2.20. The molecule has 0 fully saturated rings. The van der Waals surface area contributed by atoms with Crippen molar-refractivity contribution >= 4 is 13.8 Å². The second-order valence-corrected chi connectivity index (χ2v) is 18.1. The first-order chi connectivity index (χ1) is 28.1. The van der Waals surface area contributed by atoms with Crippen LogP contribution in [-0.4, -0.2) is 70.7 Å². The standard InChI is InChI=1S/C49H90NO7P/c1-6-8-10-12-14-16-18-20-22-24-26-28-30-32-34-36-38-40-42-49(51)57-48(47-56-58(52,53)55-45-43-50(3,4)5)46-54-44-41-39-37-35-33-31-29-27-25-23-21-19-17-15-13-11-9-7-2/h9,11,15,17,21-24,27,29,48H,6-8,10,12-14,16,18-20,25-26,28,30-47H2,1-5H3/b11-9-,17-15-,23-21-,24-22-,29-27-. The molecule has 0 saturated heterocycles. The molecule has 58 heavy (non-hydrogen) atoms. The number of nitrogens with zero attached hydrogens (tertiary/aromatic N) is 1. The molecule has 0 aliphatic heterocycles. The summed E-state index contributed by atoms with van der Waals surface area (Å²) >= 11 is 0. The van der Waals surface area contributed by atoms with Gasteiger partial charge >= 0.3 is 5.97 Å². The van der Waals surface area contributed by atoms with Crippen LogP contribution in [0.4, 0.5) is 0 Å². The molecule has 0 saturated carbocycles. The molecule has 9 heteroatoms. The maximum absolute atomic E-state index is 12.7. The Morgan fingerprint density at radius 2 is 1.00 bits per heavy atom. The average molecular weight is 836 g/mol. The smallest absolute Gasteiger partial charge is 0.306 e. The molecule has 2 unspecified atom stereocenters. The highest BCUT2D eigenvalue weighted by Crippen LogP contribution is 2.38. The Morgan fingerprint density at radius 3 is 1.52 bits per heavy atom. The fourth-order valence-corrected chi connectivity index (χ4v) is 6.91. The van der Waals surface area contributed by atoms with Crippen LogP contribution in [0.2, 0.25) is 0 Å². The molecule has 0 aromatic carbocycles. The lowest BCUT2D eigenvalue weighted by Gasteiger charge is -2.28. The third-order valence-electron chi connectivity index (χ3n) is 9.80. The van der Waals surface area contributed by atoms with Crippen LogP contribution in [0.3, 0.4) is 0 Å². The number of hydrogen-bond donors (Lipinski definition) is 0. The minimum atomic E-state index is -4.54. The van der Waals surface area contributed by atoms with Crippen molar-refractivity contribution in [1.29, 1.82) is 0 Å². The van der Waals surface area contributed by atoms with Gasteiger partial charge in [0.1, 0.15) is 19.3 Å². The van der Waals surface area contributed by atoms with Crippen molar-refractivity contribution in [2.24, 2.45) is 0 Å². The molecule has 0 aromatic rings. The number of carbonyl (C=O) groups is 1. The SMILES string of the molecule is CC/C=C\C/C=C\C/C=C\C/C=C\CCCCCCCOCC(COP(=O)([O-])OCC[N+](C)(C)C)OC(=O)CCCCCCCCC/C=C\CCCCCCCCC. The number of hydrogen-bond acceptors (Lipinski definition) is 7. The molecule has 2 atom stereocenters. The molecule has 0 aliphatic rings. The lowest BCUT2D eigenvalue weighted by molar-refractivity contribution is -0.870. The Balaban J connectivity index is 4.25. The van der Waals surface area contributed by atoms with Crippen molar-refractivity contribution < 1.29 is 37.3 Å². The summed E-state index contributed by atoms with van der Waals surface area (Å²) in [7, 11) is 1.33. The first-order valence-corrected chi connectivity index (χ1v) is 25.0. The maximum atomic E-state index is 12.7. The number of phosphoric ester groups is 1. The van der Waals surface area contributed by atoms with E-state index in [1.165, 1.54) is 96.3 Å². The molecule has 338 valence electrons. The number of esters is 1. The molecule has 0 amide bonds. The van der Waals surface area contributed by atoms with E-state index in [1.54, 1.807) is 0 Å². The largest absolute Gasteiger partial charge is 0.756 e. The normalized spacial score (nSPS) is 14.2. The number of unbranched alkanes of at least 4 members (excludes halogenated alkanes) is 19. The summed E-state index contributed by atoms with van der Waals surface area (Å²) in [6, 6.07) is 0. The minimum Gasteiger partial charge on any atom is -0.756 e. The van der Waals surface area contributed by atoms with Crippen LogP contribution in [0.15, 0.2) is 60.8 Å². The quantitative estimate of drug-likeness (QED) is 0.0198. The molecule has 0 rings (SSSR count). The Hall–Kier alpha value is -1.80. The van der Waals surface area contributed by atoms with Gasteiger partial charge in [0.25, 0.3) is 7.82 Å². The van der Waals surface area contributed by atoms with Crippen LogP contribution < -0.4 is 4.89 Å². The zero-order chi connectivity index (χ0) is 42.7. The number of ether oxygens (including phenoxy) is 2. The van der Waals surface area contributed by atoms with E-state index < -0.39 is 13.9 Å². The van der Waals surface area contributed by atoms with Crippen molar-refractivity contribution in [3.63, 3.8) is 0 Å². The number of rotatable bonds is 43. The van der Waals surface area contributed by atoms with Gasteiger partial charge in [0.15, 0.2) is 0 Å². The van der Waals surface area contributed by atoms with Gasteiger partial charge in [-0.15, -0.1) is 0 Å². The van der Waals surface area contributed by atoms with Gasteiger partial charge < -0.3 is 27.9 Å². The van der Waals surface area contributed by atoms with E-state index in [4.69, 9.17) is 18.5 Å². The van der Waals surface area contributed by atoms with Crippen LogP contribution in [-0.2, 0) is 27.9 Å². The summed E-state index contributed by atoms with van der Waals surface area (Å²) in [6.07, 6.45) is 52.3. The Morgan fingerprint density at radius 1 is 0.552 bits per heavy atom. The van der Waals surface area contributed by atoms with Crippen LogP contribution in [0.5, 0.6) is 0 Å². The molecule has 0 aromatic heterocycles. The summed E-state index contributed by atoms with van der Waals surface area (Å²) < 4.78 is 34.6. The molecular formula is C49H90NO7P. The monoisotopic (exact) mass is 836 g/mol. The van der Waals surface area contributed by atoms with Gasteiger partial charge in [0.2, 0.25) is 0 Å². The maximum Gasteiger partial charge on any atom is 0.306 e. The number of carbonyl (C=O) groups excluding carboxylic acids is 1. The van der Waals surface area contributed by atoms with Gasteiger partial charge in [-0.05, 0) is 77.0 Å². The van der Waals surface area contributed by atoms with E-state index in [0.29, 0.717) is 24.1 Å². The topological polar surface area (TPSA) is 94.1 Å². The van der Waals surface area contributed by atoms with E-state index in [9.17, 15) is 14.3 Å². The number of likely N-dealkylation sites (N-methyl/N-ethyl adjacent to an activating group) is 1. The number of allylic oxidation sites excluding steroid dienone is 10. The van der Waals surface area contributed by atoms with Gasteiger partial charge in [-0.1, -0.05) is 164 Å². The fourth-order valence-electron chi connectivity index (χ4n) is 6.18. The van der Waals surface area contributed by atoms with Gasteiger partial charge in [0.05, 0.1) is 34.4 Å². The zero-order valence-electron chi connectivity index (χ0n) is 38.2. The predicted molar refractivity (Wildman–Crippen MR) is 245 cm³/mol. The summed E-state index contributed by atoms with van der Waals surface area (Å²) in [5.74, 6) is -0.347. The summed E-state index contributed by atoms with van der Waals surface area (Å²) in [5, 5.41) is 0. The van der Waals surface area contributed by atoms with Crippen LogP contribution in [0, 0.1) is 0 Å². The third kappa shape index (κ3) is 45.3. The average Bonchev–Trinajstić information content (AvgIpc) is 3.18. The summed E-state index contributed by atoms with van der Waals surface area (Å²) in [6.45, 7) is 5.25. The van der Waals surface area contributed by atoms with E-state index in [2.05, 4.69) is 74.6 Å². The van der Waals surface area contributed by atoms with E-state index >= 15 is 0 Å². The minimum absolute atomic E-state index is 0.0189. The lowest BCUT2D eigenvalue weighted by Crippen LogP contribution is -2.37. The molecular weight excluding hydrogens is 746 g/mol. The van der Waals surface area contributed by atoms with Crippen molar-refractivity contribution in [1.82, 2.24) is 0 Å². The van der Waals surface area contributed by atoms with Crippen molar-refractivity contribution in [2.45, 2.75) is 193 Å². The first kappa shape index (κ1) is 56.2. The molecule has 0 radical (unpaired) electrons. The van der Waals surface area contributed by atoms with Crippen molar-refractivity contribution in [3.05, 3.63) is 60.8 Å². The van der Waals surface area contributed by atoms with Crippen LogP contribution in [0.1, 0.15) is 187 Å². The third-order valence-corrected chi connectivity index (χ3v) is 10.8. The van der Waals surface area contributed by atoms with Crippen LogP contribution >= 0.6 is 7.82 Å². The summed E-state index contributed by atoms with van der Waals surface area (Å²) in [4.78, 5) is 25.1. The molecule has 0 spiro atoms. The fraction of sp³-hybridized carbons (Fsp3) is 0.776. The van der Waals surface area contributed by atoms with Gasteiger partial charge in [-0.2, -0.15) is 0 Å². The van der Waals surface area contributed by atoms with Crippen molar-refractivity contribution in [2.75, 3.05) is 54.1 Å². The number of quaternary nitrogens is 1. The molecule has 0 N–H and O–H groups in total. The highest BCUT2D eigenvalue weighted by atomic mass is 31.2. The molecule has 0 bridgehead atoms. The number of phosphoric acid groups is 1. The summed E-state index contributed by atoms with van der Waals surface area (Å²) in [5.41, 5.74) is 0. The van der Waals surface area contributed by atoms with Gasteiger partial charge in [0, 0.05) is 13.0 Å². The molecule has 0 heterocycles.